The molecule has 3 unspecified atom stereocenters. The van der Waals surface area contributed by atoms with E-state index >= 15 is 0 Å². The number of rotatable bonds is 5. The number of urea groups is 1. The molecule has 1 aliphatic heterocycles. The van der Waals surface area contributed by atoms with Crippen molar-refractivity contribution in [1.82, 2.24) is 10.2 Å². The number of hydrogen-bond donors (Lipinski definition) is 2. The maximum atomic E-state index is 12.5. The van der Waals surface area contributed by atoms with Gasteiger partial charge in [-0.2, -0.15) is 0 Å². The zero-order valence-corrected chi connectivity index (χ0v) is 13.8. The molecule has 1 saturated heterocycles. The monoisotopic (exact) mass is 316 g/mol. The first-order chi connectivity index (χ1) is 11.3. The van der Waals surface area contributed by atoms with Crippen LogP contribution in [0.2, 0.25) is 0 Å². The molecule has 2 aliphatic rings. The van der Waals surface area contributed by atoms with E-state index in [4.69, 9.17) is 0 Å². The summed E-state index contributed by atoms with van der Waals surface area (Å²) in [7, 11) is 0. The van der Waals surface area contributed by atoms with Gasteiger partial charge in [0.05, 0.1) is 0 Å². The van der Waals surface area contributed by atoms with E-state index in [0.717, 1.165) is 24.9 Å². The summed E-state index contributed by atoms with van der Waals surface area (Å²) in [6.07, 6.45) is 5.89. The van der Waals surface area contributed by atoms with Gasteiger partial charge in [-0.3, -0.25) is 0 Å². The van der Waals surface area contributed by atoms with E-state index in [0.29, 0.717) is 13.0 Å². The average Bonchev–Trinajstić information content (AvgIpc) is 3.03. The lowest BCUT2D eigenvalue weighted by atomic mass is 9.82. The molecule has 1 aliphatic carbocycles. The molecule has 1 aromatic carbocycles. The van der Waals surface area contributed by atoms with Crippen LogP contribution in [0.5, 0.6) is 0 Å². The van der Waals surface area contributed by atoms with Crippen LogP contribution < -0.4 is 5.32 Å². The van der Waals surface area contributed by atoms with Gasteiger partial charge in [0, 0.05) is 32.2 Å². The molecule has 0 bridgehead atoms. The average molecular weight is 316 g/mol. The van der Waals surface area contributed by atoms with E-state index in [2.05, 4.69) is 17.4 Å². The van der Waals surface area contributed by atoms with Crippen molar-refractivity contribution in [2.45, 2.75) is 38.0 Å². The Morgan fingerprint density at radius 3 is 2.43 bits per heavy atom. The second-order valence-electron chi connectivity index (χ2n) is 7.02. The summed E-state index contributed by atoms with van der Waals surface area (Å²) < 4.78 is 0. The maximum absolute atomic E-state index is 12.5. The molecule has 23 heavy (non-hydrogen) atoms. The minimum atomic E-state index is 0.0678. The van der Waals surface area contributed by atoms with E-state index in [1.807, 2.05) is 23.1 Å². The number of nitrogens with zero attached hydrogens (tertiary/aromatic N) is 1. The molecular formula is C19H28N2O2. The normalized spacial score (nSPS) is 25.0. The lowest BCUT2D eigenvalue weighted by molar-refractivity contribution is 0.204. The SMILES string of the molecule is O=C(NCC(CCO)c1ccccc1)N1CC2CCCCC2C1. The van der Waals surface area contributed by atoms with E-state index in [1.54, 1.807) is 0 Å². The fourth-order valence-electron chi connectivity index (χ4n) is 4.16. The van der Waals surface area contributed by atoms with Crippen molar-refractivity contribution >= 4 is 6.03 Å². The highest BCUT2D eigenvalue weighted by Crippen LogP contribution is 2.35. The van der Waals surface area contributed by atoms with Crippen LogP contribution >= 0.6 is 0 Å². The van der Waals surface area contributed by atoms with Crippen molar-refractivity contribution in [3.05, 3.63) is 35.9 Å². The molecule has 2 N–H and O–H groups in total. The van der Waals surface area contributed by atoms with E-state index < -0.39 is 0 Å². The summed E-state index contributed by atoms with van der Waals surface area (Å²) in [6.45, 7) is 2.58. The van der Waals surface area contributed by atoms with Gasteiger partial charge in [-0.25, -0.2) is 4.79 Å². The molecule has 2 fully saturated rings. The number of likely N-dealkylation sites (tertiary alicyclic amines) is 1. The third-order valence-electron chi connectivity index (χ3n) is 5.51. The predicted octanol–water partition coefficient (Wildman–Crippen LogP) is 2.98. The van der Waals surface area contributed by atoms with Crippen LogP contribution in [0.3, 0.4) is 0 Å². The molecule has 0 spiro atoms. The number of nitrogens with one attached hydrogen (secondary N) is 1. The van der Waals surface area contributed by atoms with Gasteiger partial charge in [0.2, 0.25) is 0 Å². The first kappa shape index (κ1) is 16.3. The van der Waals surface area contributed by atoms with Gasteiger partial charge in [0.15, 0.2) is 0 Å². The lowest BCUT2D eigenvalue weighted by Crippen LogP contribution is -2.40. The summed E-state index contributed by atoms with van der Waals surface area (Å²) in [5.74, 6) is 1.61. The van der Waals surface area contributed by atoms with Crippen molar-refractivity contribution in [1.29, 1.82) is 0 Å². The highest BCUT2D eigenvalue weighted by molar-refractivity contribution is 5.74. The van der Waals surface area contributed by atoms with Crippen LogP contribution in [0.25, 0.3) is 0 Å². The Bertz CT molecular complexity index is 491. The van der Waals surface area contributed by atoms with Crippen molar-refractivity contribution in [3.63, 3.8) is 0 Å². The summed E-state index contributed by atoms with van der Waals surface area (Å²) in [4.78, 5) is 14.5. The summed E-state index contributed by atoms with van der Waals surface area (Å²) >= 11 is 0. The Kier molecular flexibility index (Phi) is 5.55. The number of hydrogen-bond acceptors (Lipinski definition) is 2. The molecule has 1 aromatic rings. The van der Waals surface area contributed by atoms with Gasteiger partial charge < -0.3 is 15.3 Å². The Morgan fingerprint density at radius 1 is 1.17 bits per heavy atom. The van der Waals surface area contributed by atoms with E-state index in [-0.39, 0.29) is 18.6 Å². The quantitative estimate of drug-likeness (QED) is 0.877. The van der Waals surface area contributed by atoms with Crippen molar-refractivity contribution in [2.75, 3.05) is 26.2 Å². The van der Waals surface area contributed by atoms with E-state index in [1.165, 1.54) is 31.2 Å². The smallest absolute Gasteiger partial charge is 0.317 e. The molecule has 0 radical (unpaired) electrons. The van der Waals surface area contributed by atoms with Crippen molar-refractivity contribution < 1.29 is 9.90 Å². The predicted molar refractivity (Wildman–Crippen MR) is 91.3 cm³/mol. The maximum Gasteiger partial charge on any atom is 0.317 e. The first-order valence-corrected chi connectivity index (χ1v) is 8.96. The molecule has 126 valence electrons. The fourth-order valence-corrected chi connectivity index (χ4v) is 4.16. The van der Waals surface area contributed by atoms with Crippen LogP contribution in [0.1, 0.15) is 43.6 Å². The van der Waals surface area contributed by atoms with Crippen LogP contribution in [0.15, 0.2) is 30.3 Å². The van der Waals surface area contributed by atoms with Crippen molar-refractivity contribution in [2.24, 2.45) is 11.8 Å². The summed E-state index contributed by atoms with van der Waals surface area (Å²) in [5.41, 5.74) is 1.18. The zero-order valence-electron chi connectivity index (χ0n) is 13.8. The molecule has 2 amide bonds. The number of amides is 2. The van der Waals surface area contributed by atoms with Gasteiger partial charge in [0.25, 0.3) is 0 Å². The van der Waals surface area contributed by atoms with Gasteiger partial charge in [-0.05, 0) is 36.7 Å². The van der Waals surface area contributed by atoms with Crippen LogP contribution in [0, 0.1) is 11.8 Å². The number of benzene rings is 1. The molecule has 3 atom stereocenters. The molecule has 0 aromatic heterocycles. The van der Waals surface area contributed by atoms with Crippen LogP contribution in [-0.4, -0.2) is 42.3 Å². The molecule has 1 heterocycles. The van der Waals surface area contributed by atoms with Crippen molar-refractivity contribution in [3.8, 4) is 0 Å². The van der Waals surface area contributed by atoms with E-state index in [9.17, 15) is 9.90 Å². The Labute approximate surface area is 138 Å². The second-order valence-corrected chi connectivity index (χ2v) is 7.02. The molecule has 4 heteroatoms. The fraction of sp³-hybridized carbons (Fsp3) is 0.632. The van der Waals surface area contributed by atoms with Gasteiger partial charge in [-0.1, -0.05) is 43.2 Å². The number of aliphatic hydroxyl groups is 1. The number of aliphatic hydroxyl groups excluding tert-OH is 1. The zero-order chi connectivity index (χ0) is 16.1. The number of carbonyl (C=O) groups is 1. The highest BCUT2D eigenvalue weighted by Gasteiger charge is 2.36. The molecular weight excluding hydrogens is 288 g/mol. The summed E-state index contributed by atoms with van der Waals surface area (Å²) in [6, 6.07) is 10.2. The number of fused-ring (bicyclic) bond motifs is 1. The lowest BCUT2D eigenvalue weighted by Gasteiger charge is -2.22. The second kappa shape index (κ2) is 7.82. The Morgan fingerprint density at radius 2 is 1.83 bits per heavy atom. The minimum absolute atomic E-state index is 0.0678. The first-order valence-electron chi connectivity index (χ1n) is 8.96. The third kappa shape index (κ3) is 4.05. The van der Waals surface area contributed by atoms with Crippen LogP contribution in [-0.2, 0) is 0 Å². The highest BCUT2D eigenvalue weighted by atomic mass is 16.3. The molecule has 3 rings (SSSR count). The van der Waals surface area contributed by atoms with Crippen LogP contribution in [0.4, 0.5) is 4.79 Å². The van der Waals surface area contributed by atoms with Gasteiger partial charge in [-0.15, -0.1) is 0 Å². The molecule has 1 saturated carbocycles. The van der Waals surface area contributed by atoms with Gasteiger partial charge in [0.1, 0.15) is 0 Å². The summed E-state index contributed by atoms with van der Waals surface area (Å²) in [5, 5.41) is 12.4. The Balaban J connectivity index is 1.53. The minimum Gasteiger partial charge on any atom is -0.396 e. The standard InChI is InChI=1S/C19H28N2O2/c22-11-10-16(15-6-2-1-3-7-15)12-20-19(23)21-13-17-8-4-5-9-18(17)14-21/h1-3,6-7,16-18,22H,4-5,8-14H2,(H,20,23). The topological polar surface area (TPSA) is 52.6 Å². The third-order valence-corrected chi connectivity index (χ3v) is 5.51. The Hall–Kier alpha value is -1.55. The number of carbonyl (C=O) groups excluding carboxylic acids is 1. The molecule has 4 nitrogen and oxygen atoms in total. The van der Waals surface area contributed by atoms with Gasteiger partial charge >= 0.3 is 6.03 Å². The largest absolute Gasteiger partial charge is 0.396 e.